The fourth-order valence-corrected chi connectivity index (χ4v) is 1.46. The summed E-state index contributed by atoms with van der Waals surface area (Å²) in [7, 11) is 0. The van der Waals surface area contributed by atoms with Crippen LogP contribution in [0, 0.1) is 0 Å². The summed E-state index contributed by atoms with van der Waals surface area (Å²) >= 11 is 0. The minimum atomic E-state index is -0.719. The van der Waals surface area contributed by atoms with Crippen LogP contribution in [0.3, 0.4) is 0 Å². The number of hydrogen-bond donors (Lipinski definition) is 1. The van der Waals surface area contributed by atoms with E-state index >= 15 is 0 Å². The normalized spacial score (nSPS) is 10.0. The second-order valence-corrected chi connectivity index (χ2v) is 3.97. The van der Waals surface area contributed by atoms with Gasteiger partial charge in [-0.15, -0.1) is 0 Å². The lowest BCUT2D eigenvalue weighted by Gasteiger charge is -2.10. The Hall–Kier alpha value is -2.04. The van der Waals surface area contributed by atoms with Crippen LogP contribution in [0.5, 0.6) is 5.75 Å². The van der Waals surface area contributed by atoms with Crippen LogP contribution in [-0.2, 0) is 9.47 Å². The van der Waals surface area contributed by atoms with Gasteiger partial charge >= 0.3 is 11.9 Å². The van der Waals surface area contributed by atoms with Crippen LogP contribution in [0.2, 0.25) is 0 Å². The Morgan fingerprint density at radius 3 is 2.21 bits per heavy atom. The molecule has 0 saturated carbocycles. The number of benzene rings is 1. The summed E-state index contributed by atoms with van der Waals surface area (Å²) in [6.45, 7) is 4.22. The molecule has 0 aromatic heterocycles. The van der Waals surface area contributed by atoms with Gasteiger partial charge < -0.3 is 14.6 Å². The summed E-state index contributed by atoms with van der Waals surface area (Å²) in [4.78, 5) is 23.6. The summed E-state index contributed by atoms with van der Waals surface area (Å²) in [6, 6.07) is 4.24. The molecule has 1 N–H and O–H groups in total. The van der Waals surface area contributed by atoms with Crippen molar-refractivity contribution < 1.29 is 24.2 Å². The maximum atomic E-state index is 11.8. The minimum absolute atomic E-state index is 0.0227. The lowest BCUT2D eigenvalue weighted by atomic mass is 10.1. The van der Waals surface area contributed by atoms with E-state index in [-0.39, 0.29) is 30.1 Å². The van der Waals surface area contributed by atoms with Crippen LogP contribution >= 0.6 is 0 Å². The quantitative estimate of drug-likeness (QED) is 0.801. The Morgan fingerprint density at radius 2 is 1.63 bits per heavy atom. The average Bonchev–Trinajstić information content (AvgIpc) is 2.41. The number of esters is 2. The molecule has 0 aliphatic carbocycles. The first-order valence-electron chi connectivity index (χ1n) is 6.28. The molecule has 5 heteroatoms. The van der Waals surface area contributed by atoms with Crippen molar-refractivity contribution in [2.75, 3.05) is 13.2 Å². The van der Waals surface area contributed by atoms with E-state index in [1.165, 1.54) is 18.2 Å². The van der Waals surface area contributed by atoms with Gasteiger partial charge in [0, 0.05) is 0 Å². The summed E-state index contributed by atoms with van der Waals surface area (Å²) < 4.78 is 9.92. The van der Waals surface area contributed by atoms with Gasteiger partial charge in [0.25, 0.3) is 0 Å². The topological polar surface area (TPSA) is 72.8 Å². The van der Waals surface area contributed by atoms with Gasteiger partial charge in [0.1, 0.15) is 11.3 Å². The molecule has 0 fully saturated rings. The Labute approximate surface area is 112 Å². The lowest BCUT2D eigenvalue weighted by molar-refractivity contribution is 0.0455. The zero-order valence-electron chi connectivity index (χ0n) is 11.1. The van der Waals surface area contributed by atoms with Gasteiger partial charge in [-0.05, 0) is 25.0 Å². The number of phenols is 1. The lowest BCUT2D eigenvalue weighted by Crippen LogP contribution is -2.15. The maximum absolute atomic E-state index is 11.8. The van der Waals surface area contributed by atoms with Crippen molar-refractivity contribution in [2.24, 2.45) is 0 Å². The van der Waals surface area contributed by atoms with Crippen molar-refractivity contribution in [3.63, 3.8) is 0 Å². The van der Waals surface area contributed by atoms with E-state index in [2.05, 4.69) is 0 Å². The third kappa shape index (κ3) is 3.98. The van der Waals surface area contributed by atoms with Crippen molar-refractivity contribution in [2.45, 2.75) is 26.7 Å². The number of aromatic hydroxyl groups is 1. The number of rotatable bonds is 6. The summed E-state index contributed by atoms with van der Waals surface area (Å²) in [5, 5.41) is 9.73. The monoisotopic (exact) mass is 266 g/mol. The third-order valence-corrected chi connectivity index (χ3v) is 2.34. The van der Waals surface area contributed by atoms with E-state index in [1.807, 2.05) is 13.8 Å². The molecule has 5 nitrogen and oxygen atoms in total. The first-order chi connectivity index (χ1) is 9.11. The summed E-state index contributed by atoms with van der Waals surface area (Å²) in [5.41, 5.74) is -0.119. The molecular formula is C14H18O5. The largest absolute Gasteiger partial charge is 0.507 e. The van der Waals surface area contributed by atoms with Crippen molar-refractivity contribution in [1.82, 2.24) is 0 Å². The number of carbonyl (C=O) groups is 2. The molecule has 1 aromatic rings. The number of ether oxygens (including phenoxy) is 2. The molecule has 1 aromatic carbocycles. The second kappa shape index (κ2) is 7.41. The molecular weight excluding hydrogens is 248 g/mol. The van der Waals surface area contributed by atoms with Gasteiger partial charge in [0.2, 0.25) is 0 Å². The Bertz CT molecular complexity index is 453. The van der Waals surface area contributed by atoms with Gasteiger partial charge in [0.05, 0.1) is 18.8 Å². The molecule has 1 rings (SSSR count). The highest BCUT2D eigenvalue weighted by atomic mass is 16.5. The maximum Gasteiger partial charge on any atom is 0.342 e. The van der Waals surface area contributed by atoms with Gasteiger partial charge in [0.15, 0.2) is 0 Å². The van der Waals surface area contributed by atoms with E-state index in [4.69, 9.17) is 9.47 Å². The van der Waals surface area contributed by atoms with Gasteiger partial charge in [-0.3, -0.25) is 0 Å². The standard InChI is InChI=1S/C14H18O5/c1-3-8-18-13(16)10-6-5-7-11(15)12(10)14(17)19-9-4-2/h5-7,15H,3-4,8-9H2,1-2H3. The molecule has 0 unspecified atom stereocenters. The predicted molar refractivity (Wildman–Crippen MR) is 69.3 cm³/mol. The smallest absolute Gasteiger partial charge is 0.342 e. The molecule has 0 radical (unpaired) electrons. The molecule has 0 heterocycles. The fraction of sp³-hybridized carbons (Fsp3) is 0.429. The van der Waals surface area contributed by atoms with E-state index in [0.29, 0.717) is 12.8 Å². The number of hydrogen-bond acceptors (Lipinski definition) is 5. The molecule has 19 heavy (non-hydrogen) atoms. The van der Waals surface area contributed by atoms with Gasteiger partial charge in [-0.1, -0.05) is 19.9 Å². The highest BCUT2D eigenvalue weighted by Gasteiger charge is 2.22. The first-order valence-corrected chi connectivity index (χ1v) is 6.28. The van der Waals surface area contributed by atoms with Crippen LogP contribution in [0.4, 0.5) is 0 Å². The predicted octanol–water partition coefficient (Wildman–Crippen LogP) is 2.53. The van der Waals surface area contributed by atoms with Gasteiger partial charge in [-0.25, -0.2) is 9.59 Å². The molecule has 0 atom stereocenters. The zero-order chi connectivity index (χ0) is 14.3. The Morgan fingerprint density at radius 1 is 1.05 bits per heavy atom. The molecule has 0 amide bonds. The molecule has 0 aliphatic rings. The first kappa shape index (κ1) is 15.0. The van der Waals surface area contributed by atoms with Crippen LogP contribution in [0.1, 0.15) is 47.4 Å². The summed E-state index contributed by atoms with van der Waals surface area (Å²) in [5.74, 6) is -1.64. The molecule has 0 saturated heterocycles. The van der Waals surface area contributed by atoms with Crippen LogP contribution in [-0.4, -0.2) is 30.3 Å². The number of carbonyl (C=O) groups excluding carboxylic acids is 2. The summed E-state index contributed by atoms with van der Waals surface area (Å²) in [6.07, 6.45) is 1.34. The molecule has 0 aliphatic heterocycles. The number of phenolic OH excluding ortho intramolecular Hbond substituents is 1. The minimum Gasteiger partial charge on any atom is -0.507 e. The van der Waals surface area contributed by atoms with Gasteiger partial charge in [-0.2, -0.15) is 0 Å². The second-order valence-electron chi connectivity index (χ2n) is 3.97. The molecule has 0 spiro atoms. The van der Waals surface area contributed by atoms with E-state index in [1.54, 1.807) is 0 Å². The highest BCUT2D eigenvalue weighted by molar-refractivity contribution is 6.05. The van der Waals surface area contributed by atoms with Crippen LogP contribution in [0.25, 0.3) is 0 Å². The third-order valence-electron chi connectivity index (χ3n) is 2.34. The van der Waals surface area contributed by atoms with Crippen LogP contribution < -0.4 is 0 Å². The van der Waals surface area contributed by atoms with E-state index in [9.17, 15) is 14.7 Å². The van der Waals surface area contributed by atoms with Crippen molar-refractivity contribution in [3.05, 3.63) is 29.3 Å². The van der Waals surface area contributed by atoms with Crippen molar-refractivity contribution >= 4 is 11.9 Å². The molecule has 0 bridgehead atoms. The van der Waals surface area contributed by atoms with E-state index < -0.39 is 11.9 Å². The SMILES string of the molecule is CCCOC(=O)c1cccc(O)c1C(=O)OCCC. The zero-order valence-corrected chi connectivity index (χ0v) is 11.1. The average molecular weight is 266 g/mol. The van der Waals surface area contributed by atoms with Crippen molar-refractivity contribution in [1.29, 1.82) is 0 Å². The van der Waals surface area contributed by atoms with E-state index in [0.717, 1.165) is 0 Å². The highest BCUT2D eigenvalue weighted by Crippen LogP contribution is 2.23. The Kier molecular flexibility index (Phi) is 5.85. The van der Waals surface area contributed by atoms with Crippen LogP contribution in [0.15, 0.2) is 18.2 Å². The van der Waals surface area contributed by atoms with Crippen molar-refractivity contribution in [3.8, 4) is 5.75 Å². The molecule has 104 valence electrons. The Balaban J connectivity index is 3.01. The fourth-order valence-electron chi connectivity index (χ4n) is 1.46.